The van der Waals surface area contributed by atoms with Crippen LogP contribution in [0.5, 0.6) is 0 Å². The molecule has 0 heterocycles. The molecule has 0 aliphatic heterocycles. The number of nitrogens with zero attached hydrogens (tertiary/aromatic N) is 1. The van der Waals surface area contributed by atoms with E-state index in [-0.39, 0.29) is 18.3 Å². The van der Waals surface area contributed by atoms with E-state index in [0.717, 1.165) is 13.1 Å². The van der Waals surface area contributed by atoms with Crippen molar-refractivity contribution in [3.63, 3.8) is 0 Å². The van der Waals surface area contributed by atoms with Crippen LogP contribution < -0.4 is 0 Å². The number of benzene rings is 2. The standard InChI is InChI=1S/C23H31NO.ClH/c1-19(2)16-17-24(4)18-20(3)23(25-5,21-12-8-6-9-13-21)22-14-10-7-11-15-22;/h6-16,20H,17-18H2,1-5H3;1H. The van der Waals surface area contributed by atoms with Gasteiger partial charge in [0.25, 0.3) is 0 Å². The monoisotopic (exact) mass is 373 g/mol. The maximum absolute atomic E-state index is 6.26. The van der Waals surface area contributed by atoms with E-state index in [2.05, 4.69) is 99.5 Å². The summed E-state index contributed by atoms with van der Waals surface area (Å²) in [6, 6.07) is 21.1. The summed E-state index contributed by atoms with van der Waals surface area (Å²) < 4.78 is 6.26. The van der Waals surface area contributed by atoms with Crippen LogP contribution in [0.3, 0.4) is 0 Å². The summed E-state index contributed by atoms with van der Waals surface area (Å²) in [5, 5.41) is 0. The molecule has 2 aromatic rings. The fourth-order valence-electron chi connectivity index (χ4n) is 3.55. The van der Waals surface area contributed by atoms with Crippen LogP contribution in [0.2, 0.25) is 0 Å². The van der Waals surface area contributed by atoms with E-state index in [1.54, 1.807) is 0 Å². The van der Waals surface area contributed by atoms with E-state index >= 15 is 0 Å². The molecule has 2 nitrogen and oxygen atoms in total. The van der Waals surface area contributed by atoms with Crippen molar-refractivity contribution >= 4 is 12.4 Å². The summed E-state index contributed by atoms with van der Waals surface area (Å²) in [5.41, 5.74) is 3.30. The highest BCUT2D eigenvalue weighted by Crippen LogP contribution is 2.40. The molecule has 0 bridgehead atoms. The summed E-state index contributed by atoms with van der Waals surface area (Å²) in [6.45, 7) is 8.47. The quantitative estimate of drug-likeness (QED) is 0.564. The molecule has 142 valence electrons. The smallest absolute Gasteiger partial charge is 0.121 e. The number of hydrogen-bond acceptors (Lipinski definition) is 2. The number of hydrogen-bond donors (Lipinski definition) is 0. The second-order valence-corrected chi connectivity index (χ2v) is 7.08. The van der Waals surface area contributed by atoms with E-state index < -0.39 is 5.60 Å². The summed E-state index contributed by atoms with van der Waals surface area (Å²) in [4.78, 5) is 2.36. The first kappa shape index (κ1) is 22.4. The topological polar surface area (TPSA) is 12.5 Å². The van der Waals surface area contributed by atoms with Gasteiger partial charge < -0.3 is 9.64 Å². The summed E-state index contributed by atoms with van der Waals surface area (Å²) >= 11 is 0. The molecule has 0 aliphatic carbocycles. The Bertz CT molecular complexity index is 626. The average molecular weight is 374 g/mol. The Balaban J connectivity index is 0.00000338. The van der Waals surface area contributed by atoms with Gasteiger partial charge in [0.2, 0.25) is 0 Å². The van der Waals surface area contributed by atoms with Crippen molar-refractivity contribution in [2.45, 2.75) is 26.4 Å². The third-order valence-corrected chi connectivity index (χ3v) is 4.82. The first-order valence-electron chi connectivity index (χ1n) is 8.98. The molecule has 1 atom stereocenters. The van der Waals surface area contributed by atoms with Crippen LogP contribution in [-0.4, -0.2) is 32.1 Å². The lowest BCUT2D eigenvalue weighted by Gasteiger charge is -2.40. The van der Waals surface area contributed by atoms with E-state index in [4.69, 9.17) is 4.74 Å². The predicted octanol–water partition coefficient (Wildman–Crippen LogP) is 5.53. The van der Waals surface area contributed by atoms with Crippen LogP contribution in [0.15, 0.2) is 72.3 Å². The Morgan fingerprint density at radius 2 is 1.46 bits per heavy atom. The minimum absolute atomic E-state index is 0. The maximum Gasteiger partial charge on any atom is 0.121 e. The van der Waals surface area contributed by atoms with Crippen LogP contribution in [0.1, 0.15) is 31.9 Å². The second-order valence-electron chi connectivity index (χ2n) is 7.08. The number of halogens is 1. The lowest BCUT2D eigenvalue weighted by molar-refractivity contribution is -0.0315. The van der Waals surface area contributed by atoms with Gasteiger partial charge in [0.15, 0.2) is 0 Å². The first-order valence-corrected chi connectivity index (χ1v) is 8.98. The zero-order valence-corrected chi connectivity index (χ0v) is 17.4. The van der Waals surface area contributed by atoms with Crippen molar-refractivity contribution < 1.29 is 4.74 Å². The summed E-state index contributed by atoms with van der Waals surface area (Å²) in [6.07, 6.45) is 2.27. The van der Waals surface area contributed by atoms with Gasteiger partial charge in [0.05, 0.1) is 0 Å². The Morgan fingerprint density at radius 1 is 1.00 bits per heavy atom. The number of rotatable bonds is 8. The molecule has 3 heteroatoms. The number of likely N-dealkylation sites (N-methyl/N-ethyl adjacent to an activating group) is 1. The first-order chi connectivity index (χ1) is 12.0. The second kappa shape index (κ2) is 10.5. The molecule has 0 aromatic heterocycles. The molecule has 2 rings (SSSR count). The molecule has 0 radical (unpaired) electrons. The van der Waals surface area contributed by atoms with Gasteiger partial charge >= 0.3 is 0 Å². The third kappa shape index (κ3) is 5.20. The molecule has 0 N–H and O–H groups in total. The minimum atomic E-state index is -0.457. The Morgan fingerprint density at radius 3 is 1.85 bits per heavy atom. The van der Waals surface area contributed by atoms with Crippen LogP contribution in [0.4, 0.5) is 0 Å². The number of ether oxygens (including phenoxy) is 1. The fourth-order valence-corrected chi connectivity index (χ4v) is 3.55. The number of methoxy groups -OCH3 is 1. The van der Waals surface area contributed by atoms with E-state index in [1.807, 2.05) is 7.11 Å². The highest BCUT2D eigenvalue weighted by molar-refractivity contribution is 5.85. The lowest BCUT2D eigenvalue weighted by Crippen LogP contribution is -2.42. The molecular weight excluding hydrogens is 342 g/mol. The van der Waals surface area contributed by atoms with Crippen LogP contribution in [0.25, 0.3) is 0 Å². The van der Waals surface area contributed by atoms with Gasteiger partial charge in [-0.05, 0) is 32.0 Å². The van der Waals surface area contributed by atoms with Crippen molar-refractivity contribution in [3.8, 4) is 0 Å². The molecule has 0 fully saturated rings. The molecular formula is C23H32ClNO. The zero-order chi connectivity index (χ0) is 18.3. The highest BCUT2D eigenvalue weighted by atomic mass is 35.5. The molecule has 0 saturated heterocycles. The fraction of sp³-hybridized carbons (Fsp3) is 0.391. The van der Waals surface area contributed by atoms with Crippen LogP contribution >= 0.6 is 12.4 Å². The van der Waals surface area contributed by atoms with Gasteiger partial charge in [-0.3, -0.25) is 0 Å². The van der Waals surface area contributed by atoms with Gasteiger partial charge in [-0.2, -0.15) is 0 Å². The molecule has 1 unspecified atom stereocenters. The zero-order valence-electron chi connectivity index (χ0n) is 16.6. The van der Waals surface area contributed by atoms with Crippen molar-refractivity contribution in [1.29, 1.82) is 0 Å². The largest absolute Gasteiger partial charge is 0.368 e. The van der Waals surface area contributed by atoms with Crippen LogP contribution in [0, 0.1) is 5.92 Å². The van der Waals surface area contributed by atoms with Crippen molar-refractivity contribution in [2.24, 2.45) is 5.92 Å². The Hall–Kier alpha value is -1.61. The summed E-state index contributed by atoms with van der Waals surface area (Å²) in [7, 11) is 4.00. The van der Waals surface area contributed by atoms with Crippen molar-refractivity contribution in [3.05, 3.63) is 83.4 Å². The van der Waals surface area contributed by atoms with E-state index in [1.165, 1.54) is 16.7 Å². The minimum Gasteiger partial charge on any atom is -0.368 e. The Labute approximate surface area is 165 Å². The van der Waals surface area contributed by atoms with E-state index in [0.29, 0.717) is 0 Å². The van der Waals surface area contributed by atoms with Gasteiger partial charge in [-0.25, -0.2) is 0 Å². The van der Waals surface area contributed by atoms with Crippen molar-refractivity contribution in [2.75, 3.05) is 27.2 Å². The SMILES string of the molecule is COC(c1ccccc1)(c1ccccc1)C(C)CN(C)CC=C(C)C.Cl. The average Bonchev–Trinajstić information content (AvgIpc) is 2.63. The van der Waals surface area contributed by atoms with Gasteiger partial charge in [0, 0.05) is 26.1 Å². The molecule has 0 amide bonds. The summed E-state index contributed by atoms with van der Waals surface area (Å²) in [5.74, 6) is 0.290. The molecule has 2 aromatic carbocycles. The lowest BCUT2D eigenvalue weighted by atomic mass is 9.76. The van der Waals surface area contributed by atoms with Gasteiger partial charge in [-0.15, -0.1) is 12.4 Å². The van der Waals surface area contributed by atoms with Gasteiger partial charge in [-0.1, -0.05) is 79.2 Å². The predicted molar refractivity (Wildman–Crippen MR) is 114 cm³/mol. The van der Waals surface area contributed by atoms with E-state index in [9.17, 15) is 0 Å². The number of allylic oxidation sites excluding steroid dienone is 1. The third-order valence-electron chi connectivity index (χ3n) is 4.82. The van der Waals surface area contributed by atoms with Crippen molar-refractivity contribution in [1.82, 2.24) is 4.90 Å². The maximum atomic E-state index is 6.26. The molecule has 26 heavy (non-hydrogen) atoms. The molecule has 0 saturated carbocycles. The Kier molecular flexibility index (Phi) is 9.07. The molecule has 0 aliphatic rings. The highest BCUT2D eigenvalue weighted by Gasteiger charge is 2.40. The van der Waals surface area contributed by atoms with Crippen LogP contribution in [-0.2, 0) is 10.3 Å². The molecule has 0 spiro atoms. The van der Waals surface area contributed by atoms with Gasteiger partial charge in [0.1, 0.15) is 5.60 Å². The normalized spacial score (nSPS) is 12.4.